The van der Waals surface area contributed by atoms with Crippen molar-refractivity contribution in [2.45, 2.75) is 45.3 Å². The molecule has 1 N–H and O–H groups in total. The van der Waals surface area contributed by atoms with E-state index in [-0.39, 0.29) is 11.9 Å². The van der Waals surface area contributed by atoms with Gasteiger partial charge in [0, 0.05) is 17.0 Å². The van der Waals surface area contributed by atoms with Gasteiger partial charge in [-0.3, -0.25) is 4.79 Å². The van der Waals surface area contributed by atoms with E-state index in [0.29, 0.717) is 29.6 Å². The van der Waals surface area contributed by atoms with E-state index in [4.69, 9.17) is 9.47 Å². The fourth-order valence-electron chi connectivity index (χ4n) is 3.17. The molecule has 0 saturated heterocycles. The van der Waals surface area contributed by atoms with Crippen LogP contribution in [0.25, 0.3) is 0 Å². The zero-order valence-electron chi connectivity index (χ0n) is 14.7. The molecule has 0 aliphatic heterocycles. The number of hydrogen-bond donors (Lipinski definition) is 1. The SMILES string of the molecule is COc1cc(C(=O)NC2CCCCC2C)ccc1OCc1cscn1. The number of carbonyl (C=O) groups excluding carboxylic acids is 1. The summed E-state index contributed by atoms with van der Waals surface area (Å²) < 4.78 is 11.2. The Morgan fingerprint density at radius 2 is 2.16 bits per heavy atom. The Labute approximate surface area is 152 Å². The van der Waals surface area contributed by atoms with E-state index in [1.165, 1.54) is 30.6 Å². The van der Waals surface area contributed by atoms with Gasteiger partial charge in [0.05, 0.1) is 18.3 Å². The first-order chi connectivity index (χ1) is 12.2. The smallest absolute Gasteiger partial charge is 0.251 e. The van der Waals surface area contributed by atoms with E-state index in [0.717, 1.165) is 12.1 Å². The van der Waals surface area contributed by atoms with Crippen LogP contribution in [0.4, 0.5) is 0 Å². The normalized spacial score (nSPS) is 20.1. The third-order valence-electron chi connectivity index (χ3n) is 4.71. The van der Waals surface area contributed by atoms with Crippen molar-refractivity contribution in [3.8, 4) is 11.5 Å². The van der Waals surface area contributed by atoms with Crippen LogP contribution < -0.4 is 14.8 Å². The zero-order valence-corrected chi connectivity index (χ0v) is 15.5. The molecule has 3 rings (SSSR count). The number of nitrogens with one attached hydrogen (secondary N) is 1. The number of methoxy groups -OCH3 is 1. The van der Waals surface area contributed by atoms with Crippen molar-refractivity contribution in [1.29, 1.82) is 0 Å². The molecular formula is C19H24N2O3S. The first-order valence-corrected chi connectivity index (χ1v) is 9.60. The maximum atomic E-state index is 12.6. The molecule has 1 amide bonds. The number of rotatable bonds is 6. The number of hydrogen-bond acceptors (Lipinski definition) is 5. The van der Waals surface area contributed by atoms with E-state index >= 15 is 0 Å². The lowest BCUT2D eigenvalue weighted by atomic mass is 9.86. The standard InChI is InChI=1S/C19H24N2O3S/c1-13-5-3-4-6-16(13)21-19(22)14-7-8-17(18(9-14)23-2)24-10-15-11-25-12-20-15/h7-9,11-13,16H,3-6,10H2,1-2H3,(H,21,22). The summed E-state index contributed by atoms with van der Waals surface area (Å²) in [6.45, 7) is 2.59. The molecule has 0 radical (unpaired) electrons. The lowest BCUT2D eigenvalue weighted by Gasteiger charge is -2.29. The number of amides is 1. The summed E-state index contributed by atoms with van der Waals surface area (Å²) in [6.07, 6.45) is 4.67. The molecule has 1 aromatic heterocycles. The van der Waals surface area contributed by atoms with Gasteiger partial charge in [0.1, 0.15) is 6.61 Å². The van der Waals surface area contributed by atoms with Gasteiger partial charge in [-0.05, 0) is 37.0 Å². The van der Waals surface area contributed by atoms with E-state index in [2.05, 4.69) is 17.2 Å². The molecule has 2 aromatic rings. The molecule has 0 spiro atoms. The van der Waals surface area contributed by atoms with E-state index in [1.54, 1.807) is 30.8 Å². The van der Waals surface area contributed by atoms with Crippen molar-refractivity contribution in [3.05, 3.63) is 40.3 Å². The molecule has 2 atom stereocenters. The molecule has 25 heavy (non-hydrogen) atoms. The highest BCUT2D eigenvalue weighted by atomic mass is 32.1. The van der Waals surface area contributed by atoms with Crippen LogP contribution in [-0.4, -0.2) is 24.0 Å². The van der Waals surface area contributed by atoms with Crippen molar-refractivity contribution in [1.82, 2.24) is 10.3 Å². The number of carbonyl (C=O) groups is 1. The van der Waals surface area contributed by atoms with Crippen molar-refractivity contribution in [2.75, 3.05) is 7.11 Å². The average molecular weight is 360 g/mol. The molecule has 134 valence electrons. The third-order valence-corrected chi connectivity index (χ3v) is 5.35. The molecular weight excluding hydrogens is 336 g/mol. The van der Waals surface area contributed by atoms with Crippen LogP contribution in [0.2, 0.25) is 0 Å². The van der Waals surface area contributed by atoms with Crippen LogP contribution in [0, 0.1) is 5.92 Å². The number of nitrogens with zero attached hydrogens (tertiary/aromatic N) is 1. The number of aromatic nitrogens is 1. The maximum absolute atomic E-state index is 12.6. The van der Waals surface area contributed by atoms with E-state index in [1.807, 2.05) is 5.38 Å². The second kappa shape index (κ2) is 8.34. The zero-order chi connectivity index (χ0) is 17.6. The van der Waals surface area contributed by atoms with Gasteiger partial charge in [-0.15, -0.1) is 11.3 Å². The highest BCUT2D eigenvalue weighted by molar-refractivity contribution is 7.07. The van der Waals surface area contributed by atoms with Crippen LogP contribution in [-0.2, 0) is 6.61 Å². The summed E-state index contributed by atoms with van der Waals surface area (Å²) in [5.74, 6) is 1.64. The first kappa shape index (κ1) is 17.7. The largest absolute Gasteiger partial charge is 0.493 e. The lowest BCUT2D eigenvalue weighted by Crippen LogP contribution is -2.41. The van der Waals surface area contributed by atoms with Crippen molar-refractivity contribution >= 4 is 17.2 Å². The summed E-state index contributed by atoms with van der Waals surface area (Å²) in [5, 5.41) is 5.11. The van der Waals surface area contributed by atoms with Crippen molar-refractivity contribution in [2.24, 2.45) is 5.92 Å². The van der Waals surface area contributed by atoms with Gasteiger partial charge < -0.3 is 14.8 Å². The van der Waals surface area contributed by atoms with Crippen molar-refractivity contribution in [3.63, 3.8) is 0 Å². The summed E-state index contributed by atoms with van der Waals surface area (Å²) >= 11 is 1.53. The molecule has 1 aliphatic carbocycles. The quantitative estimate of drug-likeness (QED) is 0.844. The first-order valence-electron chi connectivity index (χ1n) is 8.66. The second-order valence-electron chi connectivity index (χ2n) is 6.48. The Hall–Kier alpha value is -2.08. The number of ether oxygens (including phenoxy) is 2. The molecule has 1 heterocycles. The van der Waals surface area contributed by atoms with Gasteiger partial charge in [-0.1, -0.05) is 19.8 Å². The van der Waals surface area contributed by atoms with Crippen LogP contribution in [0.5, 0.6) is 11.5 Å². The van der Waals surface area contributed by atoms with Crippen molar-refractivity contribution < 1.29 is 14.3 Å². The Kier molecular flexibility index (Phi) is 5.91. The summed E-state index contributed by atoms with van der Waals surface area (Å²) in [5.41, 5.74) is 3.24. The Balaban J connectivity index is 1.66. The van der Waals surface area contributed by atoms with Gasteiger partial charge in [0.2, 0.25) is 0 Å². The van der Waals surface area contributed by atoms with Gasteiger partial charge in [0.15, 0.2) is 11.5 Å². The fourth-order valence-corrected chi connectivity index (χ4v) is 3.71. The van der Waals surface area contributed by atoms with Gasteiger partial charge in [-0.2, -0.15) is 0 Å². The molecule has 0 bridgehead atoms. The molecule has 2 unspecified atom stereocenters. The summed E-state index contributed by atoms with van der Waals surface area (Å²) in [6, 6.07) is 5.55. The minimum atomic E-state index is -0.0527. The van der Waals surface area contributed by atoms with E-state index < -0.39 is 0 Å². The Bertz CT molecular complexity index is 703. The van der Waals surface area contributed by atoms with Crippen LogP contribution in [0.1, 0.15) is 48.7 Å². The Morgan fingerprint density at radius 1 is 1.32 bits per heavy atom. The third kappa shape index (κ3) is 4.51. The highest BCUT2D eigenvalue weighted by Gasteiger charge is 2.23. The predicted molar refractivity (Wildman–Crippen MR) is 98.3 cm³/mol. The lowest BCUT2D eigenvalue weighted by molar-refractivity contribution is 0.0910. The van der Waals surface area contributed by atoms with Gasteiger partial charge >= 0.3 is 0 Å². The molecule has 1 saturated carbocycles. The van der Waals surface area contributed by atoms with Crippen LogP contribution in [0.3, 0.4) is 0 Å². The molecule has 5 nitrogen and oxygen atoms in total. The Morgan fingerprint density at radius 3 is 2.88 bits per heavy atom. The van der Waals surface area contributed by atoms with Gasteiger partial charge in [0.25, 0.3) is 5.91 Å². The van der Waals surface area contributed by atoms with Gasteiger partial charge in [-0.25, -0.2) is 4.98 Å². The van der Waals surface area contributed by atoms with Crippen LogP contribution >= 0.6 is 11.3 Å². The molecule has 1 aromatic carbocycles. The average Bonchev–Trinajstić information content (AvgIpc) is 3.15. The predicted octanol–water partition coefficient (Wildman–Crippen LogP) is 4.04. The maximum Gasteiger partial charge on any atom is 0.251 e. The fraction of sp³-hybridized carbons (Fsp3) is 0.474. The molecule has 1 aliphatic rings. The highest BCUT2D eigenvalue weighted by Crippen LogP contribution is 2.29. The number of benzene rings is 1. The topological polar surface area (TPSA) is 60.5 Å². The minimum Gasteiger partial charge on any atom is -0.493 e. The number of thiazole rings is 1. The second-order valence-corrected chi connectivity index (χ2v) is 7.19. The molecule has 1 fully saturated rings. The van der Waals surface area contributed by atoms with E-state index in [9.17, 15) is 4.79 Å². The monoisotopic (exact) mass is 360 g/mol. The summed E-state index contributed by atoms with van der Waals surface area (Å²) in [7, 11) is 1.58. The summed E-state index contributed by atoms with van der Waals surface area (Å²) in [4.78, 5) is 16.8. The molecule has 6 heteroatoms. The van der Waals surface area contributed by atoms with Crippen LogP contribution in [0.15, 0.2) is 29.1 Å². The minimum absolute atomic E-state index is 0.0527.